The second kappa shape index (κ2) is 7.74. The fraction of sp³-hybridized carbons (Fsp3) is 0.190. The first-order valence-electron chi connectivity index (χ1n) is 9.31. The normalized spacial score (nSPS) is 12.2. The van der Waals surface area contributed by atoms with Gasteiger partial charge in [0.05, 0.1) is 34.3 Å². The smallest absolute Gasteiger partial charge is 0.261 e. The Kier molecular flexibility index (Phi) is 5.19. The number of aromatic nitrogens is 6. The first-order chi connectivity index (χ1) is 15.1. The molecule has 0 spiro atoms. The monoisotopic (exact) mass is 446 g/mol. The highest BCUT2D eigenvalue weighted by atomic mass is 19.4. The number of nitrogens with zero attached hydrogens (tertiary/aromatic N) is 6. The van der Waals surface area contributed by atoms with Gasteiger partial charge < -0.3 is 0 Å². The Hall–Kier alpha value is -3.76. The number of rotatable bonds is 4. The van der Waals surface area contributed by atoms with E-state index >= 15 is 0 Å². The molecule has 0 aliphatic rings. The summed E-state index contributed by atoms with van der Waals surface area (Å²) in [5.74, 6) is -1.79. The molecule has 4 rings (SSSR count). The molecule has 0 radical (unpaired) electrons. The Morgan fingerprint density at radius 2 is 1.59 bits per heavy atom. The van der Waals surface area contributed by atoms with Crippen LogP contribution in [0.2, 0.25) is 0 Å². The van der Waals surface area contributed by atoms with E-state index in [2.05, 4.69) is 25.0 Å². The van der Waals surface area contributed by atoms with Crippen molar-refractivity contribution in [1.82, 2.24) is 29.7 Å². The SMILES string of the molecule is CC(C)(c1cncc(-c2ccc(F)nc2F)n1)c1cccc(-n2ccc(C(F)(F)F)n2)n1. The maximum atomic E-state index is 14.1. The van der Waals surface area contributed by atoms with Crippen LogP contribution in [0.25, 0.3) is 17.1 Å². The minimum Gasteiger partial charge on any atom is -0.261 e. The van der Waals surface area contributed by atoms with Crippen LogP contribution in [-0.2, 0) is 11.6 Å². The molecule has 0 N–H and O–H groups in total. The summed E-state index contributed by atoms with van der Waals surface area (Å²) < 4.78 is 66.9. The topological polar surface area (TPSA) is 69.4 Å². The summed E-state index contributed by atoms with van der Waals surface area (Å²) in [5, 5.41) is 3.54. The summed E-state index contributed by atoms with van der Waals surface area (Å²) in [5.41, 5.74) is -0.864. The minimum atomic E-state index is -4.57. The molecule has 0 atom stereocenters. The number of alkyl halides is 3. The molecule has 0 saturated heterocycles. The second-order valence-corrected chi connectivity index (χ2v) is 7.41. The van der Waals surface area contributed by atoms with Crippen LogP contribution < -0.4 is 0 Å². The van der Waals surface area contributed by atoms with Gasteiger partial charge in [-0.25, -0.2) is 14.6 Å². The van der Waals surface area contributed by atoms with E-state index < -0.39 is 29.2 Å². The summed E-state index contributed by atoms with van der Waals surface area (Å²) in [7, 11) is 0. The maximum Gasteiger partial charge on any atom is 0.435 e. The van der Waals surface area contributed by atoms with Crippen LogP contribution in [0.15, 0.2) is 55.0 Å². The lowest BCUT2D eigenvalue weighted by atomic mass is 9.85. The van der Waals surface area contributed by atoms with E-state index in [1.807, 2.05) is 0 Å². The zero-order valence-corrected chi connectivity index (χ0v) is 16.8. The van der Waals surface area contributed by atoms with Gasteiger partial charge in [0, 0.05) is 12.4 Å². The fourth-order valence-corrected chi connectivity index (χ4v) is 3.03. The molecule has 4 aromatic rings. The van der Waals surface area contributed by atoms with E-state index in [1.165, 1.54) is 30.7 Å². The minimum absolute atomic E-state index is 0.0190. The fourth-order valence-electron chi connectivity index (χ4n) is 3.03. The number of hydrogen-bond acceptors (Lipinski definition) is 5. The summed E-state index contributed by atoms with van der Waals surface area (Å²) in [6.07, 6.45) is -0.596. The molecule has 4 aromatic heterocycles. The average Bonchev–Trinajstić information content (AvgIpc) is 3.25. The molecule has 0 saturated carbocycles. The Bertz CT molecular complexity index is 1280. The largest absolute Gasteiger partial charge is 0.435 e. The van der Waals surface area contributed by atoms with Crippen molar-refractivity contribution in [1.29, 1.82) is 0 Å². The molecule has 0 fully saturated rings. The lowest BCUT2D eigenvalue weighted by Gasteiger charge is -2.24. The summed E-state index contributed by atoms with van der Waals surface area (Å²) in [6, 6.07) is 7.94. The van der Waals surface area contributed by atoms with E-state index in [4.69, 9.17) is 0 Å². The summed E-state index contributed by atoms with van der Waals surface area (Å²) >= 11 is 0. The van der Waals surface area contributed by atoms with Crippen LogP contribution >= 0.6 is 0 Å². The standard InChI is InChI=1S/C21H15F5N6/c1-20(2,16-11-27-10-13(28-16)12-6-7-17(22)30-19(12)23)14-4-3-5-18(29-14)32-9-8-15(31-32)21(24,25)26/h3-11H,1-2H3. The van der Waals surface area contributed by atoms with Gasteiger partial charge in [-0.2, -0.15) is 32.0 Å². The van der Waals surface area contributed by atoms with Gasteiger partial charge in [-0.3, -0.25) is 4.98 Å². The maximum absolute atomic E-state index is 14.1. The van der Waals surface area contributed by atoms with Gasteiger partial charge in [-0.05, 0) is 44.2 Å². The average molecular weight is 446 g/mol. The van der Waals surface area contributed by atoms with Crippen LogP contribution in [0.3, 0.4) is 0 Å². The van der Waals surface area contributed by atoms with Gasteiger partial charge in [0.15, 0.2) is 11.5 Å². The molecule has 0 aromatic carbocycles. The molecular formula is C21H15F5N6. The van der Waals surface area contributed by atoms with E-state index in [9.17, 15) is 22.0 Å². The Balaban J connectivity index is 1.71. The highest BCUT2D eigenvalue weighted by Crippen LogP contribution is 2.31. The van der Waals surface area contributed by atoms with Crippen molar-refractivity contribution >= 4 is 0 Å². The Morgan fingerprint density at radius 1 is 0.812 bits per heavy atom. The zero-order valence-electron chi connectivity index (χ0n) is 16.8. The Labute approximate surface area is 178 Å². The highest BCUT2D eigenvalue weighted by molar-refractivity contribution is 5.57. The predicted molar refractivity (Wildman–Crippen MR) is 104 cm³/mol. The molecular weight excluding hydrogens is 431 g/mol. The lowest BCUT2D eigenvalue weighted by Crippen LogP contribution is -2.23. The van der Waals surface area contributed by atoms with Crippen LogP contribution in [0, 0.1) is 11.9 Å². The summed E-state index contributed by atoms with van der Waals surface area (Å²) in [6.45, 7) is 3.58. The molecule has 0 unspecified atom stereocenters. The van der Waals surface area contributed by atoms with E-state index in [0.717, 1.165) is 16.8 Å². The van der Waals surface area contributed by atoms with Crippen molar-refractivity contribution in [3.8, 4) is 17.1 Å². The van der Waals surface area contributed by atoms with Gasteiger partial charge in [0.1, 0.15) is 0 Å². The number of halogens is 5. The predicted octanol–water partition coefficient (Wildman–Crippen LogP) is 4.74. The molecule has 11 heteroatoms. The third-order valence-corrected chi connectivity index (χ3v) is 4.85. The van der Waals surface area contributed by atoms with Crippen LogP contribution in [-0.4, -0.2) is 29.7 Å². The molecule has 0 amide bonds. The van der Waals surface area contributed by atoms with Gasteiger partial charge >= 0.3 is 6.18 Å². The molecule has 164 valence electrons. The van der Waals surface area contributed by atoms with E-state index in [-0.39, 0.29) is 17.1 Å². The molecule has 0 aliphatic carbocycles. The molecule has 4 heterocycles. The van der Waals surface area contributed by atoms with Crippen molar-refractivity contribution < 1.29 is 22.0 Å². The Morgan fingerprint density at radius 3 is 2.28 bits per heavy atom. The van der Waals surface area contributed by atoms with Crippen LogP contribution in [0.5, 0.6) is 0 Å². The third-order valence-electron chi connectivity index (χ3n) is 4.85. The quantitative estimate of drug-likeness (QED) is 0.335. The first kappa shape index (κ1) is 21.5. The molecule has 6 nitrogen and oxygen atoms in total. The van der Waals surface area contributed by atoms with Crippen molar-refractivity contribution in [3.63, 3.8) is 0 Å². The zero-order chi connectivity index (χ0) is 23.1. The second-order valence-electron chi connectivity index (χ2n) is 7.41. The van der Waals surface area contributed by atoms with Gasteiger partial charge in [0.2, 0.25) is 11.9 Å². The van der Waals surface area contributed by atoms with Crippen LogP contribution in [0.1, 0.15) is 30.9 Å². The number of pyridine rings is 2. The van der Waals surface area contributed by atoms with Gasteiger partial charge in [0.25, 0.3) is 0 Å². The first-order valence-corrected chi connectivity index (χ1v) is 9.31. The lowest BCUT2D eigenvalue weighted by molar-refractivity contribution is -0.141. The molecule has 32 heavy (non-hydrogen) atoms. The van der Waals surface area contributed by atoms with Crippen molar-refractivity contribution in [2.45, 2.75) is 25.4 Å². The van der Waals surface area contributed by atoms with Crippen molar-refractivity contribution in [3.05, 3.63) is 84.0 Å². The van der Waals surface area contributed by atoms with Gasteiger partial charge in [-0.1, -0.05) is 6.07 Å². The van der Waals surface area contributed by atoms with Gasteiger partial charge in [-0.15, -0.1) is 0 Å². The van der Waals surface area contributed by atoms with Crippen molar-refractivity contribution in [2.75, 3.05) is 0 Å². The number of hydrogen-bond donors (Lipinski definition) is 0. The van der Waals surface area contributed by atoms with E-state index in [1.54, 1.807) is 26.0 Å². The molecule has 0 bridgehead atoms. The van der Waals surface area contributed by atoms with Crippen LogP contribution in [0.4, 0.5) is 22.0 Å². The highest BCUT2D eigenvalue weighted by Gasteiger charge is 2.34. The molecule has 0 aliphatic heterocycles. The summed E-state index contributed by atoms with van der Waals surface area (Å²) in [4.78, 5) is 16.2. The van der Waals surface area contributed by atoms with E-state index in [0.29, 0.717) is 11.4 Å². The third kappa shape index (κ3) is 4.05. The van der Waals surface area contributed by atoms with Crippen molar-refractivity contribution in [2.24, 2.45) is 0 Å².